The molecule has 56 heavy (non-hydrogen) atoms. The molecular formula is C52H34N4. The lowest BCUT2D eigenvalue weighted by Crippen LogP contribution is -2.10. The smallest absolute Gasteiger partial charge is 0.235 e. The molecule has 7 aromatic carbocycles. The predicted octanol–water partition coefficient (Wildman–Crippen LogP) is 13.1. The molecule has 4 nitrogen and oxygen atoms in total. The molecule has 0 amide bonds. The average Bonchev–Trinajstić information content (AvgIpc) is 3.78. The van der Waals surface area contributed by atoms with Crippen molar-refractivity contribution in [3.8, 4) is 22.9 Å². The quantitative estimate of drug-likeness (QED) is 0.182. The molecule has 0 spiro atoms. The Balaban J connectivity index is 1.23. The summed E-state index contributed by atoms with van der Waals surface area (Å²) in [6, 6.07) is 54.7. The fourth-order valence-corrected chi connectivity index (χ4v) is 9.38. The molecule has 0 bridgehead atoms. The Bertz CT molecular complexity index is 3390. The zero-order valence-corrected chi connectivity index (χ0v) is 30.5. The van der Waals surface area contributed by atoms with Crippen LogP contribution in [0.15, 0.2) is 194 Å². The molecule has 0 radical (unpaired) electrons. The number of fused-ring (bicyclic) bond motifs is 10. The minimum atomic E-state index is 0.326. The van der Waals surface area contributed by atoms with Gasteiger partial charge in [-0.25, -0.2) is 9.97 Å². The molecule has 3 heterocycles. The summed E-state index contributed by atoms with van der Waals surface area (Å²) < 4.78 is 4.77. The van der Waals surface area contributed by atoms with Crippen LogP contribution in [0.2, 0.25) is 0 Å². The van der Waals surface area contributed by atoms with E-state index in [1.807, 2.05) is 0 Å². The number of hydrogen-bond acceptors (Lipinski definition) is 2. The summed E-state index contributed by atoms with van der Waals surface area (Å²) in [6.45, 7) is 0. The molecule has 0 saturated heterocycles. The monoisotopic (exact) mass is 714 g/mol. The van der Waals surface area contributed by atoms with Gasteiger partial charge in [-0.05, 0) is 58.5 Å². The highest BCUT2D eigenvalue weighted by atomic mass is 15.2. The van der Waals surface area contributed by atoms with Gasteiger partial charge < -0.3 is 4.57 Å². The minimum absolute atomic E-state index is 0.326. The third kappa shape index (κ3) is 4.53. The molecule has 12 rings (SSSR count). The molecule has 2 aliphatic carbocycles. The largest absolute Gasteiger partial charge is 0.309 e. The molecule has 0 fully saturated rings. The van der Waals surface area contributed by atoms with Crippen LogP contribution < -0.4 is 0 Å². The Kier molecular flexibility index (Phi) is 6.72. The molecule has 3 aromatic heterocycles. The van der Waals surface area contributed by atoms with Crippen molar-refractivity contribution < 1.29 is 0 Å². The van der Waals surface area contributed by atoms with Gasteiger partial charge in [0, 0.05) is 44.0 Å². The van der Waals surface area contributed by atoms with Gasteiger partial charge in [-0.2, -0.15) is 0 Å². The fourth-order valence-electron chi connectivity index (χ4n) is 9.38. The van der Waals surface area contributed by atoms with E-state index in [0.29, 0.717) is 11.9 Å². The lowest BCUT2D eigenvalue weighted by Gasteiger charge is -2.23. The fraction of sp³-hybridized carbons (Fsp3) is 0.0385. The minimum Gasteiger partial charge on any atom is -0.309 e. The number of benzene rings is 7. The third-order valence-corrected chi connectivity index (χ3v) is 11.8. The molecule has 0 N–H and O–H groups in total. The van der Waals surface area contributed by atoms with Crippen LogP contribution in [0, 0.1) is 5.92 Å². The van der Waals surface area contributed by atoms with Crippen molar-refractivity contribution in [2.24, 2.45) is 5.92 Å². The van der Waals surface area contributed by atoms with E-state index in [-0.39, 0.29) is 0 Å². The predicted molar refractivity (Wildman–Crippen MR) is 234 cm³/mol. The molecule has 0 saturated carbocycles. The number of aromatic nitrogens is 4. The maximum atomic E-state index is 5.57. The van der Waals surface area contributed by atoms with Crippen molar-refractivity contribution in [1.29, 1.82) is 0 Å². The molecule has 10 aromatic rings. The maximum absolute atomic E-state index is 5.57. The average molecular weight is 715 g/mol. The highest BCUT2D eigenvalue weighted by molar-refractivity contribution is 6.26. The van der Waals surface area contributed by atoms with Gasteiger partial charge in [0.15, 0.2) is 0 Å². The topological polar surface area (TPSA) is 35.6 Å². The lowest BCUT2D eigenvalue weighted by atomic mass is 9.83. The normalized spacial score (nSPS) is 15.3. The first-order valence-electron chi connectivity index (χ1n) is 19.4. The van der Waals surface area contributed by atoms with Gasteiger partial charge in [-0.1, -0.05) is 158 Å². The number of allylic oxidation sites excluding steroid dienone is 8. The Labute approximate surface area is 323 Å². The molecule has 4 heteroatoms. The van der Waals surface area contributed by atoms with Crippen LogP contribution in [0.3, 0.4) is 0 Å². The second-order valence-electron chi connectivity index (χ2n) is 14.9. The van der Waals surface area contributed by atoms with Crippen molar-refractivity contribution >= 4 is 70.7 Å². The van der Waals surface area contributed by atoms with E-state index >= 15 is 0 Å². The first kappa shape index (κ1) is 31.1. The van der Waals surface area contributed by atoms with Crippen molar-refractivity contribution in [3.05, 3.63) is 199 Å². The van der Waals surface area contributed by atoms with E-state index in [2.05, 4.69) is 197 Å². The molecule has 0 aliphatic heterocycles. The summed E-state index contributed by atoms with van der Waals surface area (Å²) >= 11 is 0. The van der Waals surface area contributed by atoms with Crippen LogP contribution in [0.25, 0.3) is 93.6 Å². The highest BCUT2D eigenvalue weighted by Gasteiger charge is 2.25. The summed E-state index contributed by atoms with van der Waals surface area (Å²) in [4.78, 5) is 11.1. The first-order valence-corrected chi connectivity index (χ1v) is 19.4. The summed E-state index contributed by atoms with van der Waals surface area (Å²) in [5, 5.41) is 9.52. The highest BCUT2D eigenvalue weighted by Crippen LogP contribution is 2.43. The third-order valence-electron chi connectivity index (χ3n) is 11.8. The zero-order valence-electron chi connectivity index (χ0n) is 30.5. The Morgan fingerprint density at radius 1 is 0.500 bits per heavy atom. The SMILES string of the molecule is C1=CC2=C(c3cc(-c4cccc5ccccc45)nc(-n4c5ccccc5c5ccc6c(c7ccccc7n6-c6cccc7ccccc67)c54)n3)C=CCC2C=C1. The molecule has 1 unspecified atom stereocenters. The molecule has 2 aliphatic rings. The van der Waals surface area contributed by atoms with Crippen LogP contribution in [0.1, 0.15) is 12.1 Å². The van der Waals surface area contributed by atoms with Gasteiger partial charge in [0.05, 0.1) is 39.1 Å². The van der Waals surface area contributed by atoms with Crippen molar-refractivity contribution in [1.82, 2.24) is 19.1 Å². The van der Waals surface area contributed by atoms with Gasteiger partial charge in [-0.3, -0.25) is 4.57 Å². The summed E-state index contributed by atoms with van der Waals surface area (Å²) in [5.74, 6) is 0.984. The van der Waals surface area contributed by atoms with Crippen molar-refractivity contribution in [2.45, 2.75) is 6.42 Å². The van der Waals surface area contributed by atoms with E-state index in [1.165, 1.54) is 48.7 Å². The van der Waals surface area contributed by atoms with Crippen LogP contribution in [0.4, 0.5) is 0 Å². The number of para-hydroxylation sites is 2. The lowest BCUT2D eigenvalue weighted by molar-refractivity contribution is 0.782. The van der Waals surface area contributed by atoms with Crippen molar-refractivity contribution in [3.63, 3.8) is 0 Å². The standard InChI is InChI=1S/C52H34N4/c1-4-20-36-33(14-1)17-11-25-39(36)44-32-45(40-26-12-18-34-15-2-5-21-37(34)40)54-52(53-44)56-47-27-9-7-23-41(47)42-30-31-49-50(51(42)56)43-24-8-10-28-48(43)55(49)46-29-13-19-35-16-3-6-22-38(35)46/h1-17,19-32,34H,18H2. The van der Waals surface area contributed by atoms with Crippen molar-refractivity contribution in [2.75, 3.05) is 0 Å². The Morgan fingerprint density at radius 3 is 2.04 bits per heavy atom. The Hall–Kier alpha value is -7.30. The Morgan fingerprint density at radius 2 is 1.18 bits per heavy atom. The van der Waals surface area contributed by atoms with Crippen LogP contribution in [0.5, 0.6) is 0 Å². The number of hydrogen-bond donors (Lipinski definition) is 0. The zero-order chi connectivity index (χ0) is 36.7. The van der Waals surface area contributed by atoms with E-state index in [1.54, 1.807) is 0 Å². The number of rotatable bonds is 4. The summed E-state index contributed by atoms with van der Waals surface area (Å²) in [6.07, 6.45) is 14.4. The second-order valence-corrected chi connectivity index (χ2v) is 14.9. The van der Waals surface area contributed by atoms with Gasteiger partial charge in [0.1, 0.15) is 0 Å². The van der Waals surface area contributed by atoms with Gasteiger partial charge in [0.25, 0.3) is 0 Å². The van der Waals surface area contributed by atoms with Crippen LogP contribution >= 0.6 is 0 Å². The van der Waals surface area contributed by atoms with E-state index in [0.717, 1.165) is 56.7 Å². The van der Waals surface area contributed by atoms with E-state index in [4.69, 9.17) is 9.97 Å². The van der Waals surface area contributed by atoms with E-state index in [9.17, 15) is 0 Å². The summed E-state index contributed by atoms with van der Waals surface area (Å²) in [7, 11) is 0. The molecule has 262 valence electrons. The second kappa shape index (κ2) is 12.1. The molecule has 1 atom stereocenters. The van der Waals surface area contributed by atoms with E-state index < -0.39 is 0 Å². The molecular weight excluding hydrogens is 681 g/mol. The number of nitrogens with zero attached hydrogens (tertiary/aromatic N) is 4. The van der Waals surface area contributed by atoms with Crippen LogP contribution in [-0.2, 0) is 0 Å². The van der Waals surface area contributed by atoms with Gasteiger partial charge in [0.2, 0.25) is 5.95 Å². The van der Waals surface area contributed by atoms with Gasteiger partial charge in [-0.15, -0.1) is 0 Å². The van der Waals surface area contributed by atoms with Crippen LogP contribution in [-0.4, -0.2) is 19.1 Å². The maximum Gasteiger partial charge on any atom is 0.235 e. The first-order chi connectivity index (χ1) is 27.8. The van der Waals surface area contributed by atoms with Gasteiger partial charge >= 0.3 is 0 Å². The summed E-state index contributed by atoms with van der Waals surface area (Å²) in [5.41, 5.74) is 11.0.